The molecule has 1 amide bonds. The quantitative estimate of drug-likeness (QED) is 0.736. The molecule has 1 fully saturated rings. The van der Waals surface area contributed by atoms with Gasteiger partial charge < -0.3 is 4.90 Å². The lowest BCUT2D eigenvalue weighted by atomic mass is 9.95. The van der Waals surface area contributed by atoms with E-state index in [-0.39, 0.29) is 11.8 Å². The standard InChI is InChI=1S/C11H18N2OS/c1-8(2)10(6-12)11(14)13(3)9-4-5-15-7-9/h8-10H,4-5,7H2,1-3H3. The van der Waals surface area contributed by atoms with E-state index in [0.29, 0.717) is 6.04 Å². The van der Waals surface area contributed by atoms with Gasteiger partial charge in [0.25, 0.3) is 0 Å². The van der Waals surface area contributed by atoms with Crippen LogP contribution < -0.4 is 0 Å². The second-order valence-corrected chi connectivity index (χ2v) is 5.47. The van der Waals surface area contributed by atoms with Gasteiger partial charge in [-0.25, -0.2) is 0 Å². The van der Waals surface area contributed by atoms with Gasteiger partial charge in [0, 0.05) is 18.8 Å². The van der Waals surface area contributed by atoms with Crippen LogP contribution in [0.2, 0.25) is 0 Å². The minimum Gasteiger partial charge on any atom is -0.341 e. The summed E-state index contributed by atoms with van der Waals surface area (Å²) in [6.07, 6.45) is 1.06. The molecular formula is C11H18N2OS. The van der Waals surface area contributed by atoms with Gasteiger partial charge in [-0.05, 0) is 18.1 Å². The first-order valence-corrected chi connectivity index (χ1v) is 6.47. The van der Waals surface area contributed by atoms with Gasteiger partial charge in [0.2, 0.25) is 5.91 Å². The lowest BCUT2D eigenvalue weighted by molar-refractivity contribution is -0.135. The minimum atomic E-state index is -0.486. The van der Waals surface area contributed by atoms with Crippen LogP contribution in [0.3, 0.4) is 0 Å². The minimum absolute atomic E-state index is 0.0139. The fraction of sp³-hybridized carbons (Fsp3) is 0.818. The lowest BCUT2D eigenvalue weighted by Gasteiger charge is -2.27. The molecule has 2 atom stereocenters. The van der Waals surface area contributed by atoms with Crippen LogP contribution in [0.5, 0.6) is 0 Å². The molecule has 0 N–H and O–H groups in total. The van der Waals surface area contributed by atoms with Crippen LogP contribution in [0, 0.1) is 23.2 Å². The SMILES string of the molecule is CC(C)C(C#N)C(=O)N(C)C1CCSC1. The van der Waals surface area contributed by atoms with E-state index in [4.69, 9.17) is 5.26 Å². The Morgan fingerprint density at radius 2 is 2.27 bits per heavy atom. The smallest absolute Gasteiger partial charge is 0.240 e. The largest absolute Gasteiger partial charge is 0.341 e. The van der Waals surface area contributed by atoms with Crippen molar-refractivity contribution >= 4 is 17.7 Å². The Balaban J connectivity index is 2.62. The van der Waals surface area contributed by atoms with Crippen molar-refractivity contribution in [3.63, 3.8) is 0 Å². The molecule has 1 heterocycles. The van der Waals surface area contributed by atoms with Gasteiger partial charge in [-0.2, -0.15) is 17.0 Å². The first-order valence-electron chi connectivity index (χ1n) is 5.32. The number of rotatable bonds is 3. The number of hydrogen-bond donors (Lipinski definition) is 0. The van der Waals surface area contributed by atoms with Crippen molar-refractivity contribution in [2.24, 2.45) is 11.8 Å². The van der Waals surface area contributed by atoms with Crippen LogP contribution in [0.1, 0.15) is 20.3 Å². The zero-order valence-electron chi connectivity index (χ0n) is 9.56. The monoisotopic (exact) mass is 226 g/mol. The number of nitriles is 1. The summed E-state index contributed by atoms with van der Waals surface area (Å²) in [6, 6.07) is 2.44. The molecule has 0 aliphatic carbocycles. The van der Waals surface area contributed by atoms with E-state index in [1.807, 2.05) is 32.7 Å². The first-order chi connectivity index (χ1) is 7.07. The van der Waals surface area contributed by atoms with Crippen LogP contribution in [-0.4, -0.2) is 35.4 Å². The predicted octanol–water partition coefficient (Wildman–Crippen LogP) is 1.75. The van der Waals surface area contributed by atoms with Gasteiger partial charge in [-0.3, -0.25) is 4.79 Å². The number of carbonyl (C=O) groups is 1. The van der Waals surface area contributed by atoms with E-state index < -0.39 is 5.92 Å². The molecule has 1 aliphatic rings. The third-order valence-corrected chi connectivity index (χ3v) is 4.02. The summed E-state index contributed by atoms with van der Waals surface area (Å²) in [5.41, 5.74) is 0. The molecule has 1 rings (SSSR count). The molecule has 0 aromatic rings. The maximum atomic E-state index is 12.0. The van der Waals surface area contributed by atoms with Crippen molar-refractivity contribution in [2.75, 3.05) is 18.6 Å². The van der Waals surface area contributed by atoms with Gasteiger partial charge in [-0.1, -0.05) is 13.8 Å². The summed E-state index contributed by atoms with van der Waals surface area (Å²) in [6.45, 7) is 3.84. The molecule has 3 nitrogen and oxygen atoms in total. The number of carbonyl (C=O) groups excluding carboxylic acids is 1. The molecule has 0 saturated carbocycles. The van der Waals surface area contributed by atoms with Crippen molar-refractivity contribution in [3.05, 3.63) is 0 Å². The number of hydrogen-bond acceptors (Lipinski definition) is 3. The summed E-state index contributed by atoms with van der Waals surface area (Å²) < 4.78 is 0. The number of thioether (sulfide) groups is 1. The molecule has 0 bridgehead atoms. The zero-order valence-corrected chi connectivity index (χ0v) is 10.4. The fourth-order valence-corrected chi connectivity index (χ4v) is 2.98. The van der Waals surface area contributed by atoms with Crippen LogP contribution in [0.4, 0.5) is 0 Å². The van der Waals surface area contributed by atoms with Crippen LogP contribution in [-0.2, 0) is 4.79 Å². The average molecular weight is 226 g/mol. The van der Waals surface area contributed by atoms with Crippen molar-refractivity contribution < 1.29 is 4.79 Å². The highest BCUT2D eigenvalue weighted by molar-refractivity contribution is 7.99. The van der Waals surface area contributed by atoms with Gasteiger partial charge in [0.15, 0.2) is 0 Å². The Kier molecular flexibility index (Phi) is 4.46. The summed E-state index contributed by atoms with van der Waals surface area (Å²) in [5.74, 6) is 1.74. The highest BCUT2D eigenvalue weighted by atomic mass is 32.2. The zero-order chi connectivity index (χ0) is 11.4. The summed E-state index contributed by atoms with van der Waals surface area (Å²) in [4.78, 5) is 13.8. The van der Waals surface area contributed by atoms with E-state index in [2.05, 4.69) is 6.07 Å². The van der Waals surface area contributed by atoms with E-state index >= 15 is 0 Å². The Morgan fingerprint density at radius 3 is 2.67 bits per heavy atom. The summed E-state index contributed by atoms with van der Waals surface area (Å²) in [7, 11) is 1.82. The predicted molar refractivity (Wildman–Crippen MR) is 62.4 cm³/mol. The second kappa shape index (κ2) is 5.41. The normalized spacial score (nSPS) is 22.5. The van der Waals surface area contributed by atoms with Gasteiger partial charge >= 0.3 is 0 Å². The summed E-state index contributed by atoms with van der Waals surface area (Å²) in [5, 5.41) is 8.96. The molecule has 15 heavy (non-hydrogen) atoms. The van der Waals surface area contributed by atoms with Crippen LogP contribution in [0.25, 0.3) is 0 Å². The Bertz CT molecular complexity index is 266. The molecule has 0 aromatic heterocycles. The first kappa shape index (κ1) is 12.4. The highest BCUT2D eigenvalue weighted by Gasteiger charge is 2.30. The third-order valence-electron chi connectivity index (χ3n) is 2.87. The van der Waals surface area contributed by atoms with Crippen molar-refractivity contribution in [2.45, 2.75) is 26.3 Å². The topological polar surface area (TPSA) is 44.1 Å². The molecule has 84 valence electrons. The van der Waals surface area contributed by atoms with Crippen molar-refractivity contribution in [1.29, 1.82) is 5.26 Å². The Labute approximate surface area is 95.8 Å². The van der Waals surface area contributed by atoms with E-state index in [1.165, 1.54) is 0 Å². The Morgan fingerprint density at radius 1 is 1.60 bits per heavy atom. The fourth-order valence-electron chi connectivity index (χ4n) is 1.72. The molecule has 1 aliphatic heterocycles. The van der Waals surface area contributed by atoms with Crippen LogP contribution >= 0.6 is 11.8 Å². The molecule has 2 unspecified atom stereocenters. The van der Waals surface area contributed by atoms with E-state index in [9.17, 15) is 4.79 Å². The molecule has 1 saturated heterocycles. The average Bonchev–Trinajstić information content (AvgIpc) is 2.69. The van der Waals surface area contributed by atoms with E-state index in [0.717, 1.165) is 17.9 Å². The van der Waals surface area contributed by atoms with E-state index in [1.54, 1.807) is 4.90 Å². The van der Waals surface area contributed by atoms with Crippen LogP contribution in [0.15, 0.2) is 0 Å². The molecular weight excluding hydrogens is 208 g/mol. The third kappa shape index (κ3) is 2.88. The van der Waals surface area contributed by atoms with Gasteiger partial charge in [0.1, 0.15) is 5.92 Å². The highest BCUT2D eigenvalue weighted by Crippen LogP contribution is 2.23. The van der Waals surface area contributed by atoms with Gasteiger partial charge in [-0.15, -0.1) is 0 Å². The molecule has 0 radical (unpaired) electrons. The number of amides is 1. The molecule has 4 heteroatoms. The maximum Gasteiger partial charge on any atom is 0.240 e. The van der Waals surface area contributed by atoms with Gasteiger partial charge in [0.05, 0.1) is 6.07 Å². The maximum absolute atomic E-state index is 12.0. The Hall–Kier alpha value is -0.690. The molecule has 0 spiro atoms. The van der Waals surface area contributed by atoms with Crippen molar-refractivity contribution in [3.8, 4) is 6.07 Å². The molecule has 0 aromatic carbocycles. The number of nitrogens with zero attached hydrogens (tertiary/aromatic N) is 2. The second-order valence-electron chi connectivity index (χ2n) is 4.32. The van der Waals surface area contributed by atoms with Crippen molar-refractivity contribution in [1.82, 2.24) is 4.90 Å². The lowest BCUT2D eigenvalue weighted by Crippen LogP contribution is -2.41. The summed E-state index contributed by atoms with van der Waals surface area (Å²) >= 11 is 1.88.